The van der Waals surface area contributed by atoms with Crippen LogP contribution in [0, 0.1) is 0 Å². The summed E-state index contributed by atoms with van der Waals surface area (Å²) < 4.78 is 32.7. The highest BCUT2D eigenvalue weighted by Gasteiger charge is 2.29. The van der Waals surface area contributed by atoms with Crippen molar-refractivity contribution in [1.29, 1.82) is 0 Å². The van der Waals surface area contributed by atoms with E-state index in [1.165, 1.54) is 12.1 Å². The van der Waals surface area contributed by atoms with Gasteiger partial charge in [-0.05, 0) is 29.0 Å². The van der Waals surface area contributed by atoms with Crippen LogP contribution in [0.2, 0.25) is 0 Å². The minimum Gasteiger partial charge on any atom is -0.507 e. The molecule has 0 atom stereocenters. The van der Waals surface area contributed by atoms with E-state index in [9.17, 15) is 18.1 Å². The number of aromatic hydroxyl groups is 1. The predicted octanol–water partition coefficient (Wildman–Crippen LogP) is 4.19. The van der Waals surface area contributed by atoms with Crippen molar-refractivity contribution in [2.45, 2.75) is 4.90 Å². The molecule has 0 saturated heterocycles. The number of fused-ring (bicyclic) bond motifs is 3. The molecule has 1 aliphatic rings. The second kappa shape index (κ2) is 4.61. The van der Waals surface area contributed by atoms with Crippen LogP contribution < -0.4 is 0 Å². The Morgan fingerprint density at radius 3 is 2.48 bits per heavy atom. The van der Waals surface area contributed by atoms with E-state index >= 15 is 0 Å². The quantitative estimate of drug-likeness (QED) is 0.539. The average Bonchev–Trinajstić information content (AvgIpc) is 2.84. The summed E-state index contributed by atoms with van der Waals surface area (Å²) in [6.07, 6.45) is 0. The molecule has 3 aromatic rings. The standard InChI is InChI=1S/C16H10N2O4S/c19-13-8-5-9-3-1-2-4-10(9)14(13)11-6-7-12-16(23(20,21)22)15(11)18-17-12/h1-8,19H,(H,20,21,22). The maximum Gasteiger partial charge on any atom is 0.299 e. The van der Waals surface area contributed by atoms with Crippen LogP contribution in [-0.4, -0.2) is 18.1 Å². The lowest BCUT2D eigenvalue weighted by atomic mass is 9.96. The van der Waals surface area contributed by atoms with Gasteiger partial charge in [-0.25, -0.2) is 0 Å². The molecular weight excluding hydrogens is 316 g/mol. The first-order chi connectivity index (χ1) is 11.0. The summed E-state index contributed by atoms with van der Waals surface area (Å²) >= 11 is 0. The van der Waals surface area contributed by atoms with Crippen molar-refractivity contribution in [3.63, 3.8) is 0 Å². The number of nitrogens with zero attached hydrogens (tertiary/aromatic N) is 2. The average molecular weight is 326 g/mol. The van der Waals surface area contributed by atoms with Crippen molar-refractivity contribution in [3.05, 3.63) is 48.5 Å². The summed E-state index contributed by atoms with van der Waals surface area (Å²) in [6.45, 7) is 0. The maximum absolute atomic E-state index is 11.6. The van der Waals surface area contributed by atoms with Crippen LogP contribution in [0.4, 0.5) is 11.4 Å². The lowest BCUT2D eigenvalue weighted by molar-refractivity contribution is 0.477. The summed E-state index contributed by atoms with van der Waals surface area (Å²) in [5.74, 6) is -0.00362. The van der Waals surface area contributed by atoms with Crippen molar-refractivity contribution in [1.82, 2.24) is 0 Å². The Morgan fingerprint density at radius 1 is 0.913 bits per heavy atom. The molecule has 1 aliphatic heterocycles. The van der Waals surface area contributed by atoms with Crippen molar-refractivity contribution in [2.24, 2.45) is 10.2 Å². The molecule has 0 saturated carbocycles. The number of azo groups is 1. The first kappa shape index (κ1) is 13.9. The highest BCUT2D eigenvalue weighted by molar-refractivity contribution is 7.86. The van der Waals surface area contributed by atoms with Gasteiger partial charge in [0.25, 0.3) is 10.1 Å². The summed E-state index contributed by atoms with van der Waals surface area (Å²) in [7, 11) is -4.47. The number of rotatable bonds is 2. The van der Waals surface area contributed by atoms with Gasteiger partial charge in [0.2, 0.25) is 0 Å². The fraction of sp³-hybridized carbons (Fsp3) is 0. The first-order valence-electron chi connectivity index (χ1n) is 6.74. The number of hydrogen-bond acceptors (Lipinski definition) is 5. The largest absolute Gasteiger partial charge is 0.507 e. The molecule has 0 unspecified atom stereocenters. The van der Waals surface area contributed by atoms with Crippen LogP contribution in [-0.2, 0) is 10.1 Å². The van der Waals surface area contributed by atoms with Gasteiger partial charge in [0, 0.05) is 11.1 Å². The van der Waals surface area contributed by atoms with E-state index < -0.39 is 10.1 Å². The molecule has 114 valence electrons. The number of benzene rings is 3. The summed E-state index contributed by atoms with van der Waals surface area (Å²) in [5, 5.41) is 19.6. The molecule has 23 heavy (non-hydrogen) atoms. The molecule has 0 amide bonds. The van der Waals surface area contributed by atoms with Crippen molar-refractivity contribution >= 4 is 32.3 Å². The van der Waals surface area contributed by atoms with Crippen LogP contribution >= 0.6 is 0 Å². The zero-order valence-electron chi connectivity index (χ0n) is 11.6. The van der Waals surface area contributed by atoms with Gasteiger partial charge < -0.3 is 5.11 Å². The second-order valence-electron chi connectivity index (χ2n) is 5.17. The fourth-order valence-electron chi connectivity index (χ4n) is 2.84. The second-order valence-corrected chi connectivity index (χ2v) is 6.52. The molecular formula is C16H10N2O4S. The first-order valence-corrected chi connectivity index (χ1v) is 8.18. The Bertz CT molecular complexity index is 1100. The third kappa shape index (κ3) is 2.01. The molecule has 2 bridgehead atoms. The zero-order chi connectivity index (χ0) is 16.2. The van der Waals surface area contributed by atoms with E-state index in [1.807, 2.05) is 24.3 Å². The molecule has 3 aromatic carbocycles. The van der Waals surface area contributed by atoms with Crippen LogP contribution in [0.15, 0.2) is 63.7 Å². The summed E-state index contributed by atoms with van der Waals surface area (Å²) in [6, 6.07) is 13.8. The molecule has 2 N–H and O–H groups in total. The molecule has 1 heterocycles. The van der Waals surface area contributed by atoms with Crippen molar-refractivity contribution in [2.75, 3.05) is 0 Å². The number of phenols is 1. The van der Waals surface area contributed by atoms with Gasteiger partial charge in [-0.3, -0.25) is 4.55 Å². The van der Waals surface area contributed by atoms with Gasteiger partial charge >= 0.3 is 0 Å². The third-order valence-corrected chi connectivity index (χ3v) is 4.72. The maximum atomic E-state index is 11.6. The minimum absolute atomic E-state index is 0.00362. The molecule has 0 aromatic heterocycles. The van der Waals surface area contributed by atoms with E-state index in [2.05, 4.69) is 10.2 Å². The number of hydrogen-bond donors (Lipinski definition) is 2. The van der Waals surface area contributed by atoms with Gasteiger partial charge in [-0.2, -0.15) is 8.42 Å². The smallest absolute Gasteiger partial charge is 0.299 e. The Hall–Kier alpha value is -2.77. The molecule has 0 fully saturated rings. The molecule has 6 nitrogen and oxygen atoms in total. The number of phenolic OH excluding ortho intramolecular Hbond substituents is 1. The van der Waals surface area contributed by atoms with Crippen molar-refractivity contribution < 1.29 is 18.1 Å². The Balaban J connectivity index is 2.13. The van der Waals surface area contributed by atoms with E-state index in [0.29, 0.717) is 11.1 Å². The molecule has 0 spiro atoms. The van der Waals surface area contributed by atoms with E-state index in [4.69, 9.17) is 0 Å². The van der Waals surface area contributed by atoms with Crippen LogP contribution in [0.1, 0.15) is 0 Å². The predicted molar refractivity (Wildman–Crippen MR) is 85.0 cm³/mol. The van der Waals surface area contributed by atoms with Gasteiger partial charge in [0.1, 0.15) is 22.0 Å². The SMILES string of the molecule is O=S(=O)(O)c1c2ccc(-c3c(O)ccc4ccccc34)c1N=N2. The van der Waals surface area contributed by atoms with E-state index in [0.717, 1.165) is 10.8 Å². The molecule has 7 heteroatoms. The van der Waals surface area contributed by atoms with E-state index in [1.54, 1.807) is 12.1 Å². The van der Waals surface area contributed by atoms with E-state index in [-0.39, 0.29) is 22.0 Å². The fourth-order valence-corrected chi connectivity index (χ4v) is 3.61. The topological polar surface area (TPSA) is 99.3 Å². The monoisotopic (exact) mass is 326 g/mol. The van der Waals surface area contributed by atoms with Gasteiger partial charge in [0.05, 0.1) is 0 Å². The van der Waals surface area contributed by atoms with Gasteiger partial charge in [0.15, 0.2) is 0 Å². The third-order valence-electron chi connectivity index (χ3n) is 3.80. The zero-order valence-corrected chi connectivity index (χ0v) is 12.4. The highest BCUT2D eigenvalue weighted by atomic mass is 32.2. The Kier molecular flexibility index (Phi) is 2.78. The van der Waals surface area contributed by atoms with Crippen molar-refractivity contribution in [3.8, 4) is 16.9 Å². The molecule has 0 aliphatic carbocycles. The highest BCUT2D eigenvalue weighted by Crippen LogP contribution is 2.49. The molecule has 4 rings (SSSR count). The Morgan fingerprint density at radius 2 is 1.70 bits per heavy atom. The Labute approximate surface area is 131 Å². The lowest BCUT2D eigenvalue weighted by Crippen LogP contribution is -1.98. The minimum atomic E-state index is -4.47. The summed E-state index contributed by atoms with van der Waals surface area (Å²) in [5.41, 5.74) is 0.981. The normalized spacial score (nSPS) is 12.9. The summed E-state index contributed by atoms with van der Waals surface area (Å²) in [4.78, 5) is -0.331. The van der Waals surface area contributed by atoms with Crippen LogP contribution in [0.3, 0.4) is 0 Å². The molecule has 0 radical (unpaired) electrons. The van der Waals surface area contributed by atoms with Crippen LogP contribution in [0.25, 0.3) is 21.9 Å². The van der Waals surface area contributed by atoms with Gasteiger partial charge in [-0.15, -0.1) is 10.2 Å². The van der Waals surface area contributed by atoms with Gasteiger partial charge in [-0.1, -0.05) is 30.3 Å². The van der Waals surface area contributed by atoms with Crippen LogP contribution in [0.5, 0.6) is 5.75 Å². The lowest BCUT2D eigenvalue weighted by Gasteiger charge is -2.11.